The van der Waals surface area contributed by atoms with Crippen molar-refractivity contribution in [3.05, 3.63) is 57.6 Å². The molecule has 0 aliphatic carbocycles. The molecule has 0 aliphatic heterocycles. The maximum Gasteiger partial charge on any atom is 0.101 e. The van der Waals surface area contributed by atoms with Gasteiger partial charge in [0.2, 0.25) is 0 Å². The van der Waals surface area contributed by atoms with Crippen molar-refractivity contribution in [2.45, 2.75) is 6.54 Å². The molecule has 0 aromatic heterocycles. The van der Waals surface area contributed by atoms with Gasteiger partial charge >= 0.3 is 0 Å². The zero-order valence-electron chi connectivity index (χ0n) is 10.9. The maximum absolute atomic E-state index is 9.00. The van der Waals surface area contributed by atoms with Crippen molar-refractivity contribution in [3.63, 3.8) is 0 Å². The van der Waals surface area contributed by atoms with Crippen LogP contribution in [-0.4, -0.2) is 7.05 Å². The second-order valence-electron chi connectivity index (χ2n) is 4.49. The fourth-order valence-electron chi connectivity index (χ4n) is 1.88. The number of nitrogen functional groups attached to an aromatic ring is 1. The van der Waals surface area contributed by atoms with Gasteiger partial charge in [-0.3, -0.25) is 0 Å². The Labute approximate surface area is 128 Å². The number of nitrogens with two attached hydrogens (primary N) is 1. The molecule has 0 amide bonds. The number of rotatable bonds is 3. The molecule has 0 atom stereocenters. The van der Waals surface area contributed by atoms with Crippen molar-refractivity contribution < 1.29 is 0 Å². The lowest BCUT2D eigenvalue weighted by atomic mass is 10.1. The second-order valence-corrected chi connectivity index (χ2v) is 5.30. The minimum Gasteiger partial charge on any atom is -0.398 e. The first-order chi connectivity index (χ1) is 9.51. The quantitative estimate of drug-likeness (QED) is 0.869. The topological polar surface area (TPSA) is 53.0 Å². The zero-order chi connectivity index (χ0) is 14.7. The molecule has 0 saturated carbocycles. The first-order valence-corrected chi connectivity index (χ1v) is 6.71. The summed E-state index contributed by atoms with van der Waals surface area (Å²) in [6.07, 6.45) is 0. The number of halogens is 2. The van der Waals surface area contributed by atoms with E-state index in [0.717, 1.165) is 11.3 Å². The van der Waals surface area contributed by atoms with Gasteiger partial charge in [-0.25, -0.2) is 0 Å². The number of nitrogens with zero attached hydrogens (tertiary/aromatic N) is 2. The van der Waals surface area contributed by atoms with E-state index in [9.17, 15) is 0 Å². The molecule has 0 spiro atoms. The van der Waals surface area contributed by atoms with Crippen molar-refractivity contribution in [1.29, 1.82) is 5.26 Å². The number of benzene rings is 2. The highest BCUT2D eigenvalue weighted by molar-refractivity contribution is 6.42. The number of hydrogen-bond acceptors (Lipinski definition) is 3. The molecular weight excluding hydrogens is 293 g/mol. The van der Waals surface area contributed by atoms with E-state index in [1.807, 2.05) is 30.1 Å². The van der Waals surface area contributed by atoms with Gasteiger partial charge in [-0.2, -0.15) is 5.26 Å². The van der Waals surface area contributed by atoms with Crippen LogP contribution in [0, 0.1) is 11.3 Å². The molecule has 0 heterocycles. The highest BCUT2D eigenvalue weighted by Gasteiger charge is 2.07. The van der Waals surface area contributed by atoms with E-state index in [4.69, 9.17) is 34.2 Å². The molecule has 0 saturated heterocycles. The van der Waals surface area contributed by atoms with Gasteiger partial charge in [0.25, 0.3) is 0 Å². The van der Waals surface area contributed by atoms with Crippen LogP contribution in [0.25, 0.3) is 0 Å². The first kappa shape index (κ1) is 14.5. The average Bonchev–Trinajstić information content (AvgIpc) is 2.43. The molecule has 2 rings (SSSR count). The molecule has 3 nitrogen and oxygen atoms in total. The molecule has 0 unspecified atom stereocenters. The third-order valence-electron chi connectivity index (χ3n) is 3.00. The van der Waals surface area contributed by atoms with Crippen molar-refractivity contribution in [1.82, 2.24) is 0 Å². The van der Waals surface area contributed by atoms with Gasteiger partial charge in [-0.15, -0.1) is 0 Å². The minimum absolute atomic E-state index is 0.475. The average molecular weight is 306 g/mol. The molecule has 0 aliphatic rings. The van der Waals surface area contributed by atoms with Gasteiger partial charge in [0, 0.05) is 25.0 Å². The van der Waals surface area contributed by atoms with E-state index in [1.54, 1.807) is 18.2 Å². The summed E-state index contributed by atoms with van der Waals surface area (Å²) in [5.41, 5.74) is 8.63. The first-order valence-electron chi connectivity index (χ1n) is 5.96. The van der Waals surface area contributed by atoms with Crippen molar-refractivity contribution in [2.24, 2.45) is 0 Å². The maximum atomic E-state index is 9.00. The molecule has 2 aromatic carbocycles. The monoisotopic (exact) mass is 305 g/mol. The molecule has 0 fully saturated rings. The van der Waals surface area contributed by atoms with Gasteiger partial charge in [0.05, 0.1) is 15.6 Å². The summed E-state index contributed by atoms with van der Waals surface area (Å²) in [5.74, 6) is 0. The number of hydrogen-bond donors (Lipinski definition) is 1. The van der Waals surface area contributed by atoms with Crippen LogP contribution in [0.4, 0.5) is 11.4 Å². The van der Waals surface area contributed by atoms with Crippen LogP contribution < -0.4 is 10.6 Å². The van der Waals surface area contributed by atoms with E-state index in [0.29, 0.717) is 27.8 Å². The number of anilines is 2. The van der Waals surface area contributed by atoms with Crippen LogP contribution in [0.15, 0.2) is 36.4 Å². The summed E-state index contributed by atoms with van der Waals surface area (Å²) in [5, 5.41) is 10.1. The Hall–Kier alpha value is -1.89. The Morgan fingerprint density at radius 3 is 2.55 bits per heavy atom. The summed E-state index contributed by atoms with van der Waals surface area (Å²) in [7, 11) is 1.94. The van der Waals surface area contributed by atoms with Crippen LogP contribution in [0.2, 0.25) is 10.0 Å². The predicted molar refractivity (Wildman–Crippen MR) is 84.1 cm³/mol. The van der Waals surface area contributed by atoms with E-state index in [2.05, 4.69) is 6.07 Å². The van der Waals surface area contributed by atoms with Crippen LogP contribution >= 0.6 is 23.2 Å². The van der Waals surface area contributed by atoms with Crippen LogP contribution in [0.1, 0.15) is 11.1 Å². The van der Waals surface area contributed by atoms with Crippen LogP contribution in [-0.2, 0) is 6.54 Å². The van der Waals surface area contributed by atoms with Gasteiger partial charge in [0.1, 0.15) is 6.07 Å². The summed E-state index contributed by atoms with van der Waals surface area (Å²) in [4.78, 5) is 2.01. The molecule has 0 radical (unpaired) electrons. The van der Waals surface area contributed by atoms with Gasteiger partial charge in [-0.05, 0) is 35.9 Å². The van der Waals surface area contributed by atoms with E-state index in [-0.39, 0.29) is 0 Å². The van der Waals surface area contributed by atoms with Crippen molar-refractivity contribution in [2.75, 3.05) is 17.7 Å². The molecule has 20 heavy (non-hydrogen) atoms. The SMILES string of the molecule is CN(Cc1ccc(Cl)c(Cl)c1)c1ccc(N)c(C#N)c1. The minimum atomic E-state index is 0.475. The smallest absolute Gasteiger partial charge is 0.101 e. The van der Waals surface area contributed by atoms with E-state index >= 15 is 0 Å². The molecule has 0 bridgehead atoms. The lowest BCUT2D eigenvalue weighted by molar-refractivity contribution is 0.923. The highest BCUT2D eigenvalue weighted by Crippen LogP contribution is 2.25. The fourth-order valence-corrected chi connectivity index (χ4v) is 2.20. The Kier molecular flexibility index (Phi) is 4.39. The lowest BCUT2D eigenvalue weighted by Crippen LogP contribution is -2.16. The van der Waals surface area contributed by atoms with Crippen LogP contribution in [0.3, 0.4) is 0 Å². The largest absolute Gasteiger partial charge is 0.398 e. The van der Waals surface area contributed by atoms with Gasteiger partial charge in [0.15, 0.2) is 0 Å². The summed E-state index contributed by atoms with van der Waals surface area (Å²) < 4.78 is 0. The zero-order valence-corrected chi connectivity index (χ0v) is 12.4. The summed E-state index contributed by atoms with van der Waals surface area (Å²) in [6.45, 7) is 0.658. The number of nitriles is 1. The molecule has 5 heteroatoms. The summed E-state index contributed by atoms with van der Waals surface area (Å²) >= 11 is 11.9. The van der Waals surface area contributed by atoms with E-state index in [1.165, 1.54) is 0 Å². The Balaban J connectivity index is 2.21. The summed E-state index contributed by atoms with van der Waals surface area (Å²) in [6, 6.07) is 13.0. The van der Waals surface area contributed by atoms with Crippen molar-refractivity contribution >= 4 is 34.6 Å². The molecule has 2 aromatic rings. The Morgan fingerprint density at radius 1 is 1.15 bits per heavy atom. The third kappa shape index (κ3) is 3.16. The fraction of sp³-hybridized carbons (Fsp3) is 0.133. The normalized spacial score (nSPS) is 10.1. The van der Waals surface area contributed by atoms with E-state index < -0.39 is 0 Å². The predicted octanol–water partition coefficient (Wildman–Crippen LogP) is 4.08. The highest BCUT2D eigenvalue weighted by atomic mass is 35.5. The molecular formula is C15H13Cl2N3. The van der Waals surface area contributed by atoms with Crippen LogP contribution in [0.5, 0.6) is 0 Å². The lowest BCUT2D eigenvalue weighted by Gasteiger charge is -2.20. The standard InChI is InChI=1S/C15H13Cl2N3/c1-20(9-10-2-4-13(16)14(17)6-10)12-3-5-15(19)11(7-12)8-18/h2-7H,9,19H2,1H3. The molecule has 102 valence electrons. The Morgan fingerprint density at radius 2 is 1.90 bits per heavy atom. The van der Waals surface area contributed by atoms with Gasteiger partial charge < -0.3 is 10.6 Å². The third-order valence-corrected chi connectivity index (χ3v) is 3.74. The molecule has 2 N–H and O–H groups in total. The second kappa shape index (κ2) is 6.04. The van der Waals surface area contributed by atoms with Gasteiger partial charge in [-0.1, -0.05) is 29.3 Å². The van der Waals surface area contributed by atoms with Crippen molar-refractivity contribution in [3.8, 4) is 6.07 Å². The Bertz CT molecular complexity index is 677.